The van der Waals surface area contributed by atoms with Crippen molar-refractivity contribution in [1.82, 2.24) is 10.0 Å². The van der Waals surface area contributed by atoms with Gasteiger partial charge in [-0.25, -0.2) is 13.1 Å². The number of sulfonamides is 1. The summed E-state index contributed by atoms with van der Waals surface area (Å²) in [6.07, 6.45) is 2.25. The zero-order chi connectivity index (χ0) is 21.7. The van der Waals surface area contributed by atoms with Gasteiger partial charge in [-0.15, -0.1) is 0 Å². The van der Waals surface area contributed by atoms with Crippen LogP contribution in [0.3, 0.4) is 0 Å². The first-order valence-electron chi connectivity index (χ1n) is 10.5. The standard InChI is InChI=1S/C23H31N3O3S/c1-4-18(3)24-23(27)21-7-5-6-8-22(21)26-15-13-19(14-16-26)25-30(28,29)20-11-9-17(2)10-12-20/h5-12,18-19,25H,4,13-16H2,1-3H3,(H,24,27)/t18-/m0/s1. The molecule has 0 saturated carbocycles. The van der Waals surface area contributed by atoms with E-state index in [1.165, 1.54) is 0 Å². The Morgan fingerprint density at radius 2 is 1.73 bits per heavy atom. The van der Waals surface area contributed by atoms with Crippen LogP contribution in [0.1, 0.15) is 49.0 Å². The van der Waals surface area contributed by atoms with Gasteiger partial charge < -0.3 is 10.2 Å². The van der Waals surface area contributed by atoms with Crippen LogP contribution in [0.25, 0.3) is 0 Å². The molecule has 30 heavy (non-hydrogen) atoms. The van der Waals surface area contributed by atoms with Gasteiger partial charge in [0.25, 0.3) is 5.91 Å². The van der Waals surface area contributed by atoms with Gasteiger partial charge in [0, 0.05) is 30.9 Å². The first-order chi connectivity index (χ1) is 14.3. The second-order valence-corrected chi connectivity index (χ2v) is 9.71. The van der Waals surface area contributed by atoms with Gasteiger partial charge in [-0.2, -0.15) is 0 Å². The molecule has 1 aliphatic heterocycles. The molecule has 2 aromatic carbocycles. The summed E-state index contributed by atoms with van der Waals surface area (Å²) < 4.78 is 28.2. The van der Waals surface area contributed by atoms with Crippen LogP contribution in [-0.4, -0.2) is 39.5 Å². The van der Waals surface area contributed by atoms with E-state index in [4.69, 9.17) is 0 Å². The van der Waals surface area contributed by atoms with E-state index >= 15 is 0 Å². The van der Waals surface area contributed by atoms with Crippen molar-refractivity contribution >= 4 is 21.6 Å². The predicted molar refractivity (Wildman–Crippen MR) is 120 cm³/mol. The van der Waals surface area contributed by atoms with Crippen LogP contribution in [0.4, 0.5) is 5.69 Å². The highest BCUT2D eigenvalue weighted by Crippen LogP contribution is 2.25. The number of amides is 1. The third kappa shape index (κ3) is 5.40. The lowest BCUT2D eigenvalue weighted by Crippen LogP contribution is -2.45. The minimum absolute atomic E-state index is 0.0675. The highest BCUT2D eigenvalue weighted by Gasteiger charge is 2.26. The van der Waals surface area contributed by atoms with Gasteiger partial charge >= 0.3 is 0 Å². The lowest BCUT2D eigenvalue weighted by atomic mass is 10.0. The first-order valence-corrected chi connectivity index (χ1v) is 12.0. The Kier molecular flexibility index (Phi) is 7.15. The van der Waals surface area contributed by atoms with Crippen molar-refractivity contribution in [2.75, 3.05) is 18.0 Å². The Morgan fingerprint density at radius 3 is 2.37 bits per heavy atom. The Morgan fingerprint density at radius 1 is 1.10 bits per heavy atom. The zero-order valence-electron chi connectivity index (χ0n) is 17.9. The molecular weight excluding hydrogens is 398 g/mol. The Hall–Kier alpha value is -2.38. The van der Waals surface area contributed by atoms with E-state index in [0.717, 1.165) is 17.7 Å². The summed E-state index contributed by atoms with van der Waals surface area (Å²) in [6, 6.07) is 14.5. The molecule has 3 rings (SSSR count). The lowest BCUT2D eigenvalue weighted by Gasteiger charge is -2.34. The molecule has 1 fully saturated rings. The topological polar surface area (TPSA) is 78.5 Å². The lowest BCUT2D eigenvalue weighted by molar-refractivity contribution is 0.0939. The normalized spacial score (nSPS) is 16.3. The maximum absolute atomic E-state index is 12.7. The highest BCUT2D eigenvalue weighted by atomic mass is 32.2. The number of benzene rings is 2. The van der Waals surface area contributed by atoms with Crippen LogP contribution in [0.5, 0.6) is 0 Å². The van der Waals surface area contributed by atoms with Gasteiger partial charge in [0.2, 0.25) is 10.0 Å². The van der Waals surface area contributed by atoms with E-state index in [0.29, 0.717) is 36.4 Å². The fourth-order valence-electron chi connectivity index (χ4n) is 3.59. The van der Waals surface area contributed by atoms with E-state index in [1.54, 1.807) is 24.3 Å². The SMILES string of the molecule is CC[C@H](C)NC(=O)c1ccccc1N1CCC(NS(=O)(=O)c2ccc(C)cc2)CC1. The molecule has 1 saturated heterocycles. The van der Waals surface area contributed by atoms with Gasteiger partial charge in [0.1, 0.15) is 0 Å². The third-order valence-corrected chi connectivity index (χ3v) is 7.16. The van der Waals surface area contributed by atoms with Crippen LogP contribution in [0, 0.1) is 6.92 Å². The van der Waals surface area contributed by atoms with Gasteiger partial charge in [-0.3, -0.25) is 4.79 Å². The van der Waals surface area contributed by atoms with Crippen LogP contribution in [0.2, 0.25) is 0 Å². The van der Waals surface area contributed by atoms with Crippen LogP contribution < -0.4 is 14.9 Å². The number of para-hydroxylation sites is 1. The van der Waals surface area contributed by atoms with Gasteiger partial charge in [0.05, 0.1) is 10.5 Å². The van der Waals surface area contributed by atoms with E-state index < -0.39 is 10.0 Å². The van der Waals surface area contributed by atoms with Crippen molar-refractivity contribution in [3.05, 3.63) is 59.7 Å². The summed E-state index contributed by atoms with van der Waals surface area (Å²) in [5.74, 6) is -0.0675. The molecule has 1 aliphatic rings. The molecule has 2 N–H and O–H groups in total. The molecule has 162 valence electrons. The number of rotatable bonds is 7. The van der Waals surface area contributed by atoms with Gasteiger partial charge in [0.15, 0.2) is 0 Å². The molecule has 1 atom stereocenters. The highest BCUT2D eigenvalue weighted by molar-refractivity contribution is 7.89. The van der Waals surface area contributed by atoms with Crippen LogP contribution in [-0.2, 0) is 10.0 Å². The third-order valence-electron chi connectivity index (χ3n) is 5.63. The second-order valence-electron chi connectivity index (χ2n) is 8.00. The molecule has 1 heterocycles. The van der Waals surface area contributed by atoms with Crippen molar-refractivity contribution < 1.29 is 13.2 Å². The minimum atomic E-state index is -3.53. The number of nitrogens with one attached hydrogen (secondary N) is 2. The Labute approximate surface area is 179 Å². The fraction of sp³-hybridized carbons (Fsp3) is 0.435. The number of nitrogens with zero attached hydrogens (tertiary/aromatic N) is 1. The van der Waals surface area contributed by atoms with Crippen LogP contribution >= 0.6 is 0 Å². The fourth-order valence-corrected chi connectivity index (χ4v) is 4.89. The molecule has 2 aromatic rings. The molecule has 0 bridgehead atoms. The summed E-state index contributed by atoms with van der Waals surface area (Å²) in [4.78, 5) is 15.1. The summed E-state index contributed by atoms with van der Waals surface area (Å²) in [5.41, 5.74) is 2.59. The summed E-state index contributed by atoms with van der Waals surface area (Å²) >= 11 is 0. The summed E-state index contributed by atoms with van der Waals surface area (Å²) in [6.45, 7) is 7.34. The minimum Gasteiger partial charge on any atom is -0.371 e. The maximum atomic E-state index is 12.7. The largest absolute Gasteiger partial charge is 0.371 e. The van der Waals surface area contributed by atoms with Crippen molar-refractivity contribution in [1.29, 1.82) is 0 Å². The van der Waals surface area contributed by atoms with Gasteiger partial charge in [-0.05, 0) is 57.4 Å². The molecule has 0 aromatic heterocycles. The average molecular weight is 430 g/mol. The van der Waals surface area contributed by atoms with Crippen molar-refractivity contribution in [3.8, 4) is 0 Å². The molecule has 0 spiro atoms. The monoisotopic (exact) mass is 429 g/mol. The van der Waals surface area contributed by atoms with E-state index in [2.05, 4.69) is 14.9 Å². The molecule has 6 nitrogen and oxygen atoms in total. The number of carbonyl (C=O) groups excluding carboxylic acids is 1. The van der Waals surface area contributed by atoms with Crippen molar-refractivity contribution in [2.45, 2.75) is 57.0 Å². The van der Waals surface area contributed by atoms with E-state index in [1.807, 2.05) is 45.0 Å². The first kappa shape index (κ1) is 22.3. The van der Waals surface area contributed by atoms with Crippen molar-refractivity contribution in [3.63, 3.8) is 0 Å². The number of hydrogen-bond donors (Lipinski definition) is 2. The number of piperidine rings is 1. The summed E-state index contributed by atoms with van der Waals surface area (Å²) in [5, 5.41) is 3.03. The summed E-state index contributed by atoms with van der Waals surface area (Å²) in [7, 11) is -3.53. The molecular formula is C23H31N3O3S. The molecule has 0 radical (unpaired) electrons. The second kappa shape index (κ2) is 9.62. The molecule has 1 amide bonds. The Bertz CT molecular complexity index is 965. The smallest absolute Gasteiger partial charge is 0.253 e. The quantitative estimate of drug-likeness (QED) is 0.706. The number of aryl methyl sites for hydroxylation is 1. The predicted octanol–water partition coefficient (Wildman–Crippen LogP) is 3.47. The molecule has 7 heteroatoms. The van der Waals surface area contributed by atoms with Crippen molar-refractivity contribution in [2.24, 2.45) is 0 Å². The average Bonchev–Trinajstić information content (AvgIpc) is 2.74. The zero-order valence-corrected chi connectivity index (χ0v) is 18.7. The number of hydrogen-bond acceptors (Lipinski definition) is 4. The Balaban J connectivity index is 1.65. The number of anilines is 1. The van der Waals surface area contributed by atoms with Gasteiger partial charge in [-0.1, -0.05) is 36.8 Å². The van der Waals surface area contributed by atoms with E-state index in [9.17, 15) is 13.2 Å². The number of carbonyl (C=O) groups is 1. The van der Waals surface area contributed by atoms with E-state index in [-0.39, 0.29) is 18.0 Å². The molecule has 0 unspecified atom stereocenters. The maximum Gasteiger partial charge on any atom is 0.253 e. The van der Waals surface area contributed by atoms with Crippen LogP contribution in [0.15, 0.2) is 53.4 Å². The molecule has 0 aliphatic carbocycles.